The van der Waals surface area contributed by atoms with Crippen molar-refractivity contribution in [3.05, 3.63) is 12.2 Å². The van der Waals surface area contributed by atoms with E-state index in [1.54, 1.807) is 0 Å². The predicted molar refractivity (Wildman–Crippen MR) is 347 cm³/mol. The number of aliphatic hydroxyl groups excluding tert-OH is 2. The molecule has 0 saturated carbocycles. The van der Waals surface area contributed by atoms with Gasteiger partial charge in [-0.2, -0.15) is 0 Å². The number of allylic oxidation sites excluding steroid dienone is 2. The molecule has 0 saturated heterocycles. The molecule has 0 aliphatic rings. The van der Waals surface area contributed by atoms with Crippen molar-refractivity contribution in [2.75, 3.05) is 13.2 Å². The van der Waals surface area contributed by atoms with Crippen molar-refractivity contribution in [1.29, 1.82) is 0 Å². The molecular weight excluding hydrogens is 971 g/mol. The molecule has 470 valence electrons. The van der Waals surface area contributed by atoms with Gasteiger partial charge < -0.3 is 20.3 Å². The number of amides is 1. The summed E-state index contributed by atoms with van der Waals surface area (Å²) in [5.41, 5.74) is 0. The Balaban J connectivity index is 3.31. The molecule has 0 aromatic rings. The van der Waals surface area contributed by atoms with Crippen LogP contribution in [0.5, 0.6) is 0 Å². The van der Waals surface area contributed by atoms with Crippen LogP contribution >= 0.6 is 0 Å². The summed E-state index contributed by atoms with van der Waals surface area (Å²) < 4.78 is 5.51. The molecule has 2 atom stereocenters. The van der Waals surface area contributed by atoms with Crippen molar-refractivity contribution in [3.63, 3.8) is 0 Å². The first-order valence-corrected chi connectivity index (χ1v) is 36.4. The Morgan fingerprint density at radius 3 is 0.899 bits per heavy atom. The SMILES string of the molecule is CCCCCCCCC/C=C\CCCCCCCCCC(=O)OCCCCCCCCCCCCCCCCCCCCCCCCCCCCCCCCC(=O)NC(CO)C(O)CCCCCCCCCCCCCCCC. The summed E-state index contributed by atoms with van der Waals surface area (Å²) in [6, 6.07) is -0.537. The summed E-state index contributed by atoms with van der Waals surface area (Å²) in [6.45, 7) is 4.99. The molecule has 6 heteroatoms. The number of aliphatic hydroxyl groups is 2. The highest BCUT2D eigenvalue weighted by atomic mass is 16.5. The van der Waals surface area contributed by atoms with Gasteiger partial charge in [0.1, 0.15) is 0 Å². The molecule has 0 rings (SSSR count). The smallest absolute Gasteiger partial charge is 0.305 e. The summed E-state index contributed by atoms with van der Waals surface area (Å²) in [4.78, 5) is 24.6. The largest absolute Gasteiger partial charge is 0.466 e. The molecule has 0 heterocycles. The topological polar surface area (TPSA) is 95.9 Å². The van der Waals surface area contributed by atoms with E-state index in [0.29, 0.717) is 25.9 Å². The zero-order chi connectivity index (χ0) is 57.1. The summed E-state index contributed by atoms with van der Waals surface area (Å²) in [5.74, 6) is -0.00979. The van der Waals surface area contributed by atoms with Crippen LogP contribution in [0.4, 0.5) is 0 Å². The van der Waals surface area contributed by atoms with E-state index in [1.807, 2.05) is 0 Å². The molecule has 0 aliphatic carbocycles. The molecule has 79 heavy (non-hydrogen) atoms. The average molecular weight is 1110 g/mol. The van der Waals surface area contributed by atoms with Gasteiger partial charge in [-0.05, 0) is 51.4 Å². The van der Waals surface area contributed by atoms with E-state index in [9.17, 15) is 19.8 Å². The van der Waals surface area contributed by atoms with Gasteiger partial charge in [-0.1, -0.05) is 366 Å². The van der Waals surface area contributed by atoms with Gasteiger partial charge in [0.2, 0.25) is 5.91 Å². The molecule has 0 spiro atoms. The van der Waals surface area contributed by atoms with Crippen LogP contribution in [-0.4, -0.2) is 47.4 Å². The van der Waals surface area contributed by atoms with Gasteiger partial charge in [-0.15, -0.1) is 0 Å². The number of ether oxygens (including phenoxy) is 1. The second-order valence-electron chi connectivity index (χ2n) is 25.3. The third kappa shape index (κ3) is 65.6. The number of esters is 1. The molecule has 3 N–H and O–H groups in total. The van der Waals surface area contributed by atoms with Gasteiger partial charge in [-0.25, -0.2) is 0 Å². The van der Waals surface area contributed by atoms with Crippen molar-refractivity contribution in [1.82, 2.24) is 5.32 Å². The van der Waals surface area contributed by atoms with E-state index in [-0.39, 0.29) is 18.5 Å². The average Bonchev–Trinajstić information content (AvgIpc) is 3.45. The third-order valence-corrected chi connectivity index (χ3v) is 17.3. The van der Waals surface area contributed by atoms with Crippen molar-refractivity contribution < 1.29 is 24.5 Å². The van der Waals surface area contributed by atoms with Crippen LogP contribution in [0.1, 0.15) is 418 Å². The molecule has 0 aromatic carbocycles. The minimum absolute atomic E-state index is 0.0182. The molecule has 1 amide bonds. The Kier molecular flexibility index (Phi) is 67.9. The molecule has 0 aromatic heterocycles. The van der Waals surface area contributed by atoms with Gasteiger partial charge in [-0.3, -0.25) is 9.59 Å². The predicted octanol–water partition coefficient (Wildman–Crippen LogP) is 23.5. The number of carbonyl (C=O) groups excluding carboxylic acids is 2. The number of unbranched alkanes of at least 4 members (excludes halogenated alkanes) is 56. The molecule has 0 aliphatic heterocycles. The minimum atomic E-state index is -0.660. The maximum absolute atomic E-state index is 12.5. The van der Waals surface area contributed by atoms with Crippen molar-refractivity contribution in [2.45, 2.75) is 431 Å². The van der Waals surface area contributed by atoms with Crippen LogP contribution < -0.4 is 5.32 Å². The standard InChI is InChI=1S/C73H143NO5/c1-3-5-7-9-11-13-15-17-19-20-36-39-43-47-51-55-59-63-67-73(78)79-68-64-60-56-52-48-44-40-37-34-32-30-28-26-24-22-21-23-25-27-29-31-33-35-38-42-46-50-54-58-62-66-72(77)74-70(69-75)71(76)65-61-57-53-49-45-41-18-16-14-12-10-8-6-4-2/h19-20,70-71,75-76H,3-18,21-69H2,1-2H3,(H,74,77)/b20-19-. The second kappa shape index (κ2) is 69.1. The number of hydrogen-bond acceptors (Lipinski definition) is 5. The van der Waals surface area contributed by atoms with Gasteiger partial charge >= 0.3 is 5.97 Å². The van der Waals surface area contributed by atoms with Crippen LogP contribution in [0.25, 0.3) is 0 Å². The molecule has 6 nitrogen and oxygen atoms in total. The minimum Gasteiger partial charge on any atom is -0.466 e. The third-order valence-electron chi connectivity index (χ3n) is 17.3. The van der Waals surface area contributed by atoms with E-state index in [2.05, 4.69) is 31.3 Å². The fraction of sp³-hybridized carbons (Fsp3) is 0.945. The fourth-order valence-electron chi connectivity index (χ4n) is 11.8. The lowest BCUT2D eigenvalue weighted by atomic mass is 10.0. The maximum Gasteiger partial charge on any atom is 0.305 e. The summed E-state index contributed by atoms with van der Waals surface area (Å²) in [6.07, 6.45) is 85.6. The second-order valence-corrected chi connectivity index (χ2v) is 25.3. The number of carbonyl (C=O) groups is 2. The lowest BCUT2D eigenvalue weighted by molar-refractivity contribution is -0.143. The van der Waals surface area contributed by atoms with Gasteiger partial charge in [0, 0.05) is 12.8 Å². The summed E-state index contributed by atoms with van der Waals surface area (Å²) in [5, 5.41) is 23.3. The highest BCUT2D eigenvalue weighted by Crippen LogP contribution is 2.19. The van der Waals surface area contributed by atoms with Gasteiger partial charge in [0.15, 0.2) is 0 Å². The Bertz CT molecular complexity index is 1190. The highest BCUT2D eigenvalue weighted by Gasteiger charge is 2.20. The lowest BCUT2D eigenvalue weighted by Gasteiger charge is -2.22. The Morgan fingerprint density at radius 1 is 0.342 bits per heavy atom. The van der Waals surface area contributed by atoms with Crippen molar-refractivity contribution in [2.24, 2.45) is 0 Å². The summed E-state index contributed by atoms with van der Waals surface area (Å²) >= 11 is 0. The molecule has 0 bridgehead atoms. The van der Waals surface area contributed by atoms with Gasteiger partial charge in [0.05, 0.1) is 25.4 Å². The van der Waals surface area contributed by atoms with Crippen molar-refractivity contribution >= 4 is 11.9 Å². The first kappa shape index (κ1) is 77.6. The Morgan fingerprint density at radius 2 is 0.595 bits per heavy atom. The van der Waals surface area contributed by atoms with Crippen molar-refractivity contribution in [3.8, 4) is 0 Å². The first-order valence-electron chi connectivity index (χ1n) is 36.4. The number of rotatable bonds is 69. The zero-order valence-corrected chi connectivity index (χ0v) is 53.9. The normalized spacial score (nSPS) is 12.5. The molecule has 0 radical (unpaired) electrons. The van der Waals surface area contributed by atoms with E-state index >= 15 is 0 Å². The maximum atomic E-state index is 12.5. The number of hydrogen-bond donors (Lipinski definition) is 3. The molecular formula is C73H143NO5. The lowest BCUT2D eigenvalue weighted by Crippen LogP contribution is -2.45. The van der Waals surface area contributed by atoms with Crippen LogP contribution in [0.15, 0.2) is 12.2 Å². The van der Waals surface area contributed by atoms with Gasteiger partial charge in [0.25, 0.3) is 0 Å². The van der Waals surface area contributed by atoms with E-state index in [4.69, 9.17) is 4.74 Å². The monoisotopic (exact) mass is 1110 g/mol. The Labute approximate surface area is 495 Å². The van der Waals surface area contributed by atoms with E-state index in [1.165, 1.54) is 340 Å². The Hall–Kier alpha value is -1.40. The van der Waals surface area contributed by atoms with Crippen LogP contribution in [0, 0.1) is 0 Å². The van der Waals surface area contributed by atoms with Crippen LogP contribution in [0.2, 0.25) is 0 Å². The quantitative estimate of drug-likeness (QED) is 0.0320. The van der Waals surface area contributed by atoms with E-state index in [0.717, 1.165) is 44.9 Å². The van der Waals surface area contributed by atoms with Crippen LogP contribution in [-0.2, 0) is 14.3 Å². The highest BCUT2D eigenvalue weighted by molar-refractivity contribution is 5.76. The molecule has 0 fully saturated rings. The molecule has 2 unspecified atom stereocenters. The zero-order valence-electron chi connectivity index (χ0n) is 53.9. The van der Waals surface area contributed by atoms with E-state index < -0.39 is 12.1 Å². The number of nitrogens with one attached hydrogen (secondary N) is 1. The fourth-order valence-corrected chi connectivity index (χ4v) is 11.8. The first-order chi connectivity index (χ1) is 39.0. The van der Waals surface area contributed by atoms with Crippen LogP contribution in [0.3, 0.4) is 0 Å². The summed E-state index contributed by atoms with van der Waals surface area (Å²) in [7, 11) is 0.